The van der Waals surface area contributed by atoms with Gasteiger partial charge in [-0.2, -0.15) is 0 Å². The molecule has 1 N–H and O–H groups in total. The molecule has 0 radical (unpaired) electrons. The van der Waals surface area contributed by atoms with Crippen LogP contribution in [0.3, 0.4) is 0 Å². The fourth-order valence-electron chi connectivity index (χ4n) is 2.21. The van der Waals surface area contributed by atoms with Gasteiger partial charge in [-0.25, -0.2) is 4.98 Å². The van der Waals surface area contributed by atoms with Crippen molar-refractivity contribution in [3.8, 4) is 5.88 Å². The van der Waals surface area contributed by atoms with Crippen molar-refractivity contribution < 1.29 is 4.74 Å². The first kappa shape index (κ1) is 16.1. The number of methoxy groups -OCH3 is 1. The Hall–Kier alpha value is -1.29. The van der Waals surface area contributed by atoms with E-state index < -0.39 is 0 Å². The summed E-state index contributed by atoms with van der Waals surface area (Å²) in [6.07, 6.45) is 2.72. The molecule has 112 valence electrons. The maximum atomic E-state index is 6.36. The molecule has 0 fully saturated rings. The topological polar surface area (TPSA) is 34.2 Å². The first-order chi connectivity index (χ1) is 10.2. The van der Waals surface area contributed by atoms with E-state index in [-0.39, 0.29) is 6.04 Å². The summed E-state index contributed by atoms with van der Waals surface area (Å²) in [5.41, 5.74) is 1.86. The van der Waals surface area contributed by atoms with Crippen LogP contribution >= 0.6 is 23.2 Å². The third-order valence-electron chi connectivity index (χ3n) is 3.17. The Morgan fingerprint density at radius 3 is 2.76 bits per heavy atom. The first-order valence-corrected chi connectivity index (χ1v) is 7.60. The van der Waals surface area contributed by atoms with E-state index in [1.165, 1.54) is 0 Å². The number of pyridine rings is 1. The molecule has 0 aliphatic heterocycles. The second-order valence-electron chi connectivity index (χ2n) is 4.65. The molecule has 1 aromatic carbocycles. The summed E-state index contributed by atoms with van der Waals surface area (Å²) in [4.78, 5) is 4.27. The normalized spacial score (nSPS) is 12.2. The number of ether oxygens (including phenoxy) is 1. The van der Waals surface area contributed by atoms with E-state index in [1.807, 2.05) is 24.3 Å². The van der Waals surface area contributed by atoms with Crippen LogP contribution in [0.25, 0.3) is 0 Å². The highest BCUT2D eigenvalue weighted by atomic mass is 35.5. The molecule has 2 aromatic rings. The largest absolute Gasteiger partial charge is 0.481 e. The fraction of sp³-hybridized carbons (Fsp3) is 0.312. The van der Waals surface area contributed by atoms with E-state index in [2.05, 4.69) is 17.2 Å². The number of aromatic nitrogens is 1. The highest BCUT2D eigenvalue weighted by Crippen LogP contribution is 2.33. The Kier molecular flexibility index (Phi) is 5.85. The molecule has 5 heteroatoms. The Morgan fingerprint density at radius 1 is 1.24 bits per heavy atom. The summed E-state index contributed by atoms with van der Waals surface area (Å²) in [6, 6.07) is 9.23. The van der Waals surface area contributed by atoms with Crippen LogP contribution in [0.2, 0.25) is 10.0 Å². The van der Waals surface area contributed by atoms with Gasteiger partial charge in [0.1, 0.15) is 0 Å². The molecular weight excluding hydrogens is 307 g/mol. The van der Waals surface area contributed by atoms with Gasteiger partial charge in [-0.15, -0.1) is 0 Å². The SMILES string of the molecule is CCCNC(c1cc(Cl)ccc1Cl)c1cccnc1OC. The minimum absolute atomic E-state index is 0.111. The van der Waals surface area contributed by atoms with Gasteiger partial charge >= 0.3 is 0 Å². The predicted molar refractivity (Wildman–Crippen MR) is 87.4 cm³/mol. The van der Waals surface area contributed by atoms with Crippen LogP contribution in [0.4, 0.5) is 0 Å². The quantitative estimate of drug-likeness (QED) is 0.850. The third-order valence-corrected chi connectivity index (χ3v) is 3.75. The fourth-order valence-corrected chi connectivity index (χ4v) is 2.61. The van der Waals surface area contributed by atoms with Crippen LogP contribution in [-0.2, 0) is 0 Å². The van der Waals surface area contributed by atoms with Gasteiger partial charge in [-0.3, -0.25) is 0 Å². The van der Waals surface area contributed by atoms with Crippen LogP contribution in [0.1, 0.15) is 30.5 Å². The third kappa shape index (κ3) is 3.88. The molecule has 0 aliphatic carbocycles. The Bertz CT molecular complexity index is 605. The molecule has 0 saturated carbocycles. The summed E-state index contributed by atoms with van der Waals surface area (Å²) in [6.45, 7) is 2.97. The number of hydrogen-bond acceptors (Lipinski definition) is 3. The molecule has 0 aliphatic rings. The molecule has 0 spiro atoms. The van der Waals surface area contributed by atoms with Crippen molar-refractivity contribution in [1.29, 1.82) is 0 Å². The van der Waals surface area contributed by atoms with E-state index in [0.29, 0.717) is 15.9 Å². The van der Waals surface area contributed by atoms with E-state index >= 15 is 0 Å². The van der Waals surface area contributed by atoms with Gasteiger partial charge in [0.15, 0.2) is 0 Å². The lowest BCUT2D eigenvalue weighted by Crippen LogP contribution is -2.24. The zero-order valence-corrected chi connectivity index (χ0v) is 13.6. The summed E-state index contributed by atoms with van der Waals surface area (Å²) in [5, 5.41) is 4.80. The molecule has 0 amide bonds. The lowest BCUT2D eigenvalue weighted by atomic mass is 9.99. The summed E-state index contributed by atoms with van der Waals surface area (Å²) < 4.78 is 5.37. The highest BCUT2D eigenvalue weighted by molar-refractivity contribution is 6.33. The number of halogens is 2. The average Bonchev–Trinajstić information content (AvgIpc) is 2.51. The zero-order valence-electron chi connectivity index (χ0n) is 12.1. The zero-order chi connectivity index (χ0) is 15.2. The Balaban J connectivity index is 2.49. The van der Waals surface area contributed by atoms with Crippen molar-refractivity contribution in [3.05, 3.63) is 57.7 Å². The lowest BCUT2D eigenvalue weighted by Gasteiger charge is -2.22. The van der Waals surface area contributed by atoms with Crippen LogP contribution in [0.5, 0.6) is 5.88 Å². The number of nitrogens with one attached hydrogen (secondary N) is 1. The summed E-state index contributed by atoms with van der Waals surface area (Å²) in [5.74, 6) is 0.585. The van der Waals surface area contributed by atoms with Crippen molar-refractivity contribution in [1.82, 2.24) is 10.3 Å². The van der Waals surface area contributed by atoms with Gasteiger partial charge < -0.3 is 10.1 Å². The van der Waals surface area contributed by atoms with Crippen molar-refractivity contribution in [2.45, 2.75) is 19.4 Å². The van der Waals surface area contributed by atoms with E-state index in [9.17, 15) is 0 Å². The first-order valence-electron chi connectivity index (χ1n) is 6.84. The van der Waals surface area contributed by atoms with E-state index in [0.717, 1.165) is 24.1 Å². The number of benzene rings is 1. The molecular formula is C16H18Cl2N2O. The number of hydrogen-bond donors (Lipinski definition) is 1. The van der Waals surface area contributed by atoms with Gasteiger partial charge in [0.25, 0.3) is 0 Å². The van der Waals surface area contributed by atoms with Gasteiger partial charge in [0.2, 0.25) is 5.88 Å². The van der Waals surface area contributed by atoms with Crippen molar-refractivity contribution >= 4 is 23.2 Å². The smallest absolute Gasteiger partial charge is 0.218 e. The van der Waals surface area contributed by atoms with Crippen molar-refractivity contribution in [2.75, 3.05) is 13.7 Å². The standard InChI is InChI=1S/C16H18Cl2N2O/c1-3-8-19-15(12-5-4-9-20-16(12)21-2)13-10-11(17)6-7-14(13)18/h4-7,9-10,15,19H,3,8H2,1-2H3. The molecule has 21 heavy (non-hydrogen) atoms. The average molecular weight is 325 g/mol. The Labute approximate surface area is 135 Å². The lowest BCUT2D eigenvalue weighted by molar-refractivity contribution is 0.387. The highest BCUT2D eigenvalue weighted by Gasteiger charge is 2.21. The molecule has 0 bridgehead atoms. The van der Waals surface area contributed by atoms with Crippen LogP contribution in [0, 0.1) is 0 Å². The minimum Gasteiger partial charge on any atom is -0.481 e. The van der Waals surface area contributed by atoms with Crippen LogP contribution in [0.15, 0.2) is 36.5 Å². The van der Waals surface area contributed by atoms with Crippen molar-refractivity contribution in [3.63, 3.8) is 0 Å². The van der Waals surface area contributed by atoms with Gasteiger partial charge in [0, 0.05) is 21.8 Å². The molecule has 1 aromatic heterocycles. The van der Waals surface area contributed by atoms with Gasteiger partial charge in [0.05, 0.1) is 13.2 Å². The van der Waals surface area contributed by atoms with Gasteiger partial charge in [-0.1, -0.05) is 36.2 Å². The maximum Gasteiger partial charge on any atom is 0.218 e. The predicted octanol–water partition coefficient (Wildman–Crippen LogP) is 4.49. The maximum absolute atomic E-state index is 6.36. The molecule has 3 nitrogen and oxygen atoms in total. The van der Waals surface area contributed by atoms with Crippen molar-refractivity contribution in [2.24, 2.45) is 0 Å². The van der Waals surface area contributed by atoms with Gasteiger partial charge in [-0.05, 0) is 42.8 Å². The number of rotatable bonds is 6. The second-order valence-corrected chi connectivity index (χ2v) is 5.50. The monoisotopic (exact) mass is 324 g/mol. The van der Waals surface area contributed by atoms with E-state index in [1.54, 1.807) is 19.4 Å². The Morgan fingerprint density at radius 2 is 2.05 bits per heavy atom. The second kappa shape index (κ2) is 7.64. The molecule has 2 rings (SSSR count). The molecule has 1 atom stereocenters. The molecule has 0 saturated heterocycles. The molecule has 1 heterocycles. The van der Waals surface area contributed by atoms with Crippen LogP contribution in [-0.4, -0.2) is 18.6 Å². The molecule has 1 unspecified atom stereocenters. The summed E-state index contributed by atoms with van der Waals surface area (Å²) >= 11 is 12.5. The minimum atomic E-state index is -0.111. The van der Waals surface area contributed by atoms with E-state index in [4.69, 9.17) is 27.9 Å². The number of nitrogens with zero attached hydrogens (tertiary/aromatic N) is 1. The van der Waals surface area contributed by atoms with Crippen LogP contribution < -0.4 is 10.1 Å². The summed E-state index contributed by atoms with van der Waals surface area (Å²) in [7, 11) is 1.61.